The van der Waals surface area contributed by atoms with Crippen LogP contribution in [0.25, 0.3) is 0 Å². The van der Waals surface area contributed by atoms with Crippen molar-refractivity contribution in [1.29, 1.82) is 0 Å². The highest BCUT2D eigenvalue weighted by atomic mass is 79.9. The van der Waals surface area contributed by atoms with Gasteiger partial charge in [-0.2, -0.15) is 0 Å². The zero-order valence-corrected chi connectivity index (χ0v) is 11.7. The third-order valence-corrected chi connectivity index (χ3v) is 3.02. The molecule has 0 saturated heterocycles. The van der Waals surface area contributed by atoms with Crippen LogP contribution in [0.5, 0.6) is 5.75 Å². The van der Waals surface area contributed by atoms with Crippen molar-refractivity contribution in [3.63, 3.8) is 0 Å². The lowest BCUT2D eigenvalue weighted by molar-refractivity contribution is 0.408. The van der Waals surface area contributed by atoms with Crippen molar-refractivity contribution in [2.75, 3.05) is 12.5 Å². The fourth-order valence-electron chi connectivity index (χ4n) is 1.65. The Morgan fingerprint density at radius 3 is 2.61 bits per heavy atom. The van der Waals surface area contributed by atoms with Crippen LogP contribution >= 0.6 is 15.9 Å². The molecule has 0 bridgehead atoms. The van der Waals surface area contributed by atoms with E-state index in [0.717, 1.165) is 21.5 Å². The Kier molecular flexibility index (Phi) is 4.61. The van der Waals surface area contributed by atoms with Crippen molar-refractivity contribution < 1.29 is 4.74 Å². The zero-order valence-electron chi connectivity index (χ0n) is 10.1. The Labute approximate surface area is 115 Å². The van der Waals surface area contributed by atoms with E-state index < -0.39 is 0 Å². The summed E-state index contributed by atoms with van der Waals surface area (Å²) in [4.78, 5) is 0. The second-order valence-corrected chi connectivity index (χ2v) is 4.72. The maximum Gasteiger partial charge on any atom is 0.123 e. The molecule has 0 spiro atoms. The second kappa shape index (κ2) is 6.42. The molecule has 4 heteroatoms. The van der Waals surface area contributed by atoms with E-state index in [-0.39, 0.29) is 0 Å². The van der Waals surface area contributed by atoms with Crippen LogP contribution in [0.2, 0.25) is 0 Å². The Bertz CT molecular complexity index is 502. The first kappa shape index (κ1) is 12.9. The van der Waals surface area contributed by atoms with Gasteiger partial charge in [-0.1, -0.05) is 34.1 Å². The lowest BCUT2D eigenvalue weighted by atomic mass is 10.2. The average Bonchev–Trinajstić information content (AvgIpc) is 2.40. The minimum Gasteiger partial charge on any atom is -0.496 e. The molecule has 0 aliphatic heterocycles. The number of rotatable bonds is 5. The van der Waals surface area contributed by atoms with Gasteiger partial charge in [-0.3, -0.25) is 0 Å². The maximum absolute atomic E-state index is 5.31. The van der Waals surface area contributed by atoms with Crippen molar-refractivity contribution in [2.24, 2.45) is 0 Å². The molecular formula is C14H15BrN2O. The number of para-hydroxylation sites is 1. The third-order valence-electron chi connectivity index (χ3n) is 2.53. The Hall–Kier alpha value is -1.52. The molecule has 3 nitrogen and oxygen atoms in total. The fraction of sp³-hybridized carbons (Fsp3) is 0.143. The Morgan fingerprint density at radius 1 is 1.11 bits per heavy atom. The first-order valence-electron chi connectivity index (χ1n) is 5.66. The second-order valence-electron chi connectivity index (χ2n) is 3.80. The summed E-state index contributed by atoms with van der Waals surface area (Å²) in [5.41, 5.74) is 8.44. The van der Waals surface area contributed by atoms with Crippen molar-refractivity contribution in [1.82, 2.24) is 5.43 Å². The number of nitrogens with one attached hydrogen (secondary N) is 2. The molecule has 0 aliphatic carbocycles. The Morgan fingerprint density at radius 2 is 1.89 bits per heavy atom. The Balaban J connectivity index is 1.96. The molecule has 0 saturated carbocycles. The highest BCUT2D eigenvalue weighted by Gasteiger charge is 2.02. The van der Waals surface area contributed by atoms with Crippen LogP contribution in [0.15, 0.2) is 53.0 Å². The molecule has 2 N–H and O–H groups in total. The third kappa shape index (κ3) is 3.48. The minimum atomic E-state index is 0.678. The van der Waals surface area contributed by atoms with E-state index in [9.17, 15) is 0 Å². The number of methoxy groups -OCH3 is 1. The van der Waals surface area contributed by atoms with Crippen LogP contribution in [0.3, 0.4) is 0 Å². The van der Waals surface area contributed by atoms with Gasteiger partial charge in [0.2, 0.25) is 0 Å². The topological polar surface area (TPSA) is 33.3 Å². The standard InChI is InChI=1S/C14H15BrN2O/c1-18-14-8-7-12(15)9-11(14)10-16-17-13-5-3-2-4-6-13/h2-9,16-17H,10H2,1H3. The predicted molar refractivity (Wildman–Crippen MR) is 77.6 cm³/mol. The number of hydrazine groups is 1. The molecule has 94 valence electrons. The van der Waals surface area contributed by atoms with Gasteiger partial charge in [0.1, 0.15) is 5.75 Å². The van der Waals surface area contributed by atoms with Crippen LogP contribution in [0, 0.1) is 0 Å². The number of ether oxygens (including phenoxy) is 1. The zero-order chi connectivity index (χ0) is 12.8. The minimum absolute atomic E-state index is 0.678. The fourth-order valence-corrected chi connectivity index (χ4v) is 2.06. The number of benzene rings is 2. The summed E-state index contributed by atoms with van der Waals surface area (Å²) in [5, 5.41) is 0. The van der Waals surface area contributed by atoms with Crippen molar-refractivity contribution in [3.05, 3.63) is 58.6 Å². The molecular weight excluding hydrogens is 292 g/mol. The lowest BCUT2D eigenvalue weighted by Gasteiger charge is -2.11. The van der Waals surface area contributed by atoms with Crippen molar-refractivity contribution in [3.8, 4) is 5.75 Å². The van der Waals surface area contributed by atoms with Crippen LogP contribution in [0.4, 0.5) is 5.69 Å². The first-order valence-corrected chi connectivity index (χ1v) is 6.45. The van der Waals surface area contributed by atoms with Gasteiger partial charge in [0.25, 0.3) is 0 Å². The summed E-state index contributed by atoms with van der Waals surface area (Å²) in [6, 6.07) is 15.9. The number of anilines is 1. The average molecular weight is 307 g/mol. The van der Waals surface area contributed by atoms with Crippen LogP contribution < -0.4 is 15.6 Å². The van der Waals surface area contributed by atoms with Gasteiger partial charge in [-0.25, -0.2) is 5.43 Å². The number of halogens is 1. The van der Waals surface area contributed by atoms with E-state index in [2.05, 4.69) is 26.8 Å². The smallest absolute Gasteiger partial charge is 0.123 e. The van der Waals surface area contributed by atoms with Gasteiger partial charge in [-0.05, 0) is 30.3 Å². The van der Waals surface area contributed by atoms with E-state index in [1.54, 1.807) is 7.11 Å². The predicted octanol–water partition coefficient (Wildman–Crippen LogP) is 3.57. The summed E-state index contributed by atoms with van der Waals surface area (Å²) < 4.78 is 6.36. The van der Waals surface area contributed by atoms with Crippen molar-refractivity contribution >= 4 is 21.6 Å². The molecule has 2 aromatic rings. The molecule has 2 aromatic carbocycles. The maximum atomic E-state index is 5.31. The monoisotopic (exact) mass is 306 g/mol. The quantitative estimate of drug-likeness (QED) is 0.829. The van der Waals surface area contributed by atoms with E-state index >= 15 is 0 Å². The SMILES string of the molecule is COc1ccc(Br)cc1CNNc1ccccc1. The van der Waals surface area contributed by atoms with Crippen molar-refractivity contribution in [2.45, 2.75) is 6.54 Å². The summed E-state index contributed by atoms with van der Waals surface area (Å²) in [5.74, 6) is 0.876. The summed E-state index contributed by atoms with van der Waals surface area (Å²) >= 11 is 3.46. The van der Waals surface area contributed by atoms with Gasteiger partial charge in [0.05, 0.1) is 7.11 Å². The number of hydrogen-bond donors (Lipinski definition) is 2. The molecule has 0 heterocycles. The normalized spacial score (nSPS) is 10.1. The van der Waals surface area contributed by atoms with Gasteiger partial charge >= 0.3 is 0 Å². The molecule has 2 rings (SSSR count). The van der Waals surface area contributed by atoms with Crippen LogP contribution in [-0.2, 0) is 6.54 Å². The lowest BCUT2D eigenvalue weighted by Crippen LogP contribution is -2.21. The molecule has 0 radical (unpaired) electrons. The summed E-state index contributed by atoms with van der Waals surface area (Å²) in [6.45, 7) is 0.678. The van der Waals surface area contributed by atoms with Gasteiger partial charge in [0, 0.05) is 22.3 Å². The highest BCUT2D eigenvalue weighted by molar-refractivity contribution is 9.10. The molecule has 0 aliphatic rings. The summed E-state index contributed by atoms with van der Waals surface area (Å²) in [6.07, 6.45) is 0. The largest absolute Gasteiger partial charge is 0.496 e. The molecule has 0 atom stereocenters. The van der Waals surface area contributed by atoms with Gasteiger partial charge in [-0.15, -0.1) is 0 Å². The van der Waals surface area contributed by atoms with E-state index in [1.165, 1.54) is 0 Å². The summed E-state index contributed by atoms with van der Waals surface area (Å²) in [7, 11) is 1.68. The molecule has 0 amide bonds. The van der Waals surface area contributed by atoms with E-state index in [4.69, 9.17) is 4.74 Å². The van der Waals surface area contributed by atoms with Gasteiger partial charge in [0.15, 0.2) is 0 Å². The molecule has 0 unspecified atom stereocenters. The van der Waals surface area contributed by atoms with E-state index in [0.29, 0.717) is 6.54 Å². The van der Waals surface area contributed by atoms with Crippen LogP contribution in [0.1, 0.15) is 5.56 Å². The van der Waals surface area contributed by atoms with E-state index in [1.807, 2.05) is 48.5 Å². The molecule has 0 fully saturated rings. The molecule has 0 aromatic heterocycles. The molecule has 18 heavy (non-hydrogen) atoms. The van der Waals surface area contributed by atoms with Crippen LogP contribution in [-0.4, -0.2) is 7.11 Å². The number of hydrogen-bond acceptors (Lipinski definition) is 3. The first-order chi connectivity index (χ1) is 8.79. The highest BCUT2D eigenvalue weighted by Crippen LogP contribution is 2.22. The van der Waals surface area contributed by atoms with Gasteiger partial charge < -0.3 is 10.2 Å².